The van der Waals surface area contributed by atoms with Crippen molar-refractivity contribution in [3.63, 3.8) is 0 Å². The van der Waals surface area contributed by atoms with Gasteiger partial charge in [-0.25, -0.2) is 4.98 Å². The highest BCUT2D eigenvalue weighted by molar-refractivity contribution is 6.28. The molecule has 0 unspecified atom stereocenters. The van der Waals surface area contributed by atoms with Crippen LogP contribution in [-0.2, 0) is 0 Å². The summed E-state index contributed by atoms with van der Waals surface area (Å²) in [5.74, 6) is 6.27. The molecule has 5 nitrogen and oxygen atoms in total. The lowest BCUT2D eigenvalue weighted by molar-refractivity contribution is 1.17. The monoisotopic (exact) mass is 221 g/mol. The van der Waals surface area contributed by atoms with E-state index in [9.17, 15) is 0 Å². The van der Waals surface area contributed by atoms with Gasteiger partial charge in [-0.1, -0.05) is 5.92 Å². The van der Waals surface area contributed by atoms with Gasteiger partial charge < -0.3 is 10.3 Å². The molecule has 2 aromatic rings. The molecule has 76 valence electrons. The molecule has 2 N–H and O–H groups in total. The van der Waals surface area contributed by atoms with Crippen LogP contribution in [0.1, 0.15) is 6.92 Å². The van der Waals surface area contributed by atoms with E-state index < -0.39 is 0 Å². The van der Waals surface area contributed by atoms with E-state index in [1.54, 1.807) is 13.3 Å². The summed E-state index contributed by atoms with van der Waals surface area (Å²) in [6.07, 6.45) is 1.55. The molecule has 0 fully saturated rings. The van der Waals surface area contributed by atoms with Crippen LogP contribution in [0.3, 0.4) is 0 Å². The Morgan fingerprint density at radius 2 is 2.40 bits per heavy atom. The van der Waals surface area contributed by atoms with E-state index in [0.717, 1.165) is 5.52 Å². The fourth-order valence-electron chi connectivity index (χ4n) is 1.15. The number of hydrogen-bond acceptors (Lipinski definition) is 4. The Bertz CT molecular complexity index is 536. The van der Waals surface area contributed by atoms with E-state index >= 15 is 0 Å². The van der Waals surface area contributed by atoms with E-state index in [-0.39, 0.29) is 5.28 Å². The predicted octanol–water partition coefficient (Wildman–Crippen LogP) is 1.44. The number of anilines is 1. The number of rotatable bonds is 2. The fraction of sp³-hybridized carbons (Fsp3) is 0.222. The molecule has 0 saturated heterocycles. The molecule has 6 heteroatoms. The molecule has 0 radical (unpaired) electrons. The number of hydrogen-bond donors (Lipinski definition) is 2. The van der Waals surface area contributed by atoms with Gasteiger partial charge in [-0.2, -0.15) is 9.97 Å². The van der Waals surface area contributed by atoms with Crippen molar-refractivity contribution in [1.29, 1.82) is 0 Å². The van der Waals surface area contributed by atoms with Gasteiger partial charge in [0.05, 0.1) is 12.9 Å². The summed E-state index contributed by atoms with van der Waals surface area (Å²) < 4.78 is 0. The van der Waals surface area contributed by atoms with Gasteiger partial charge in [0, 0.05) is 0 Å². The molecule has 0 aliphatic heterocycles. The minimum absolute atomic E-state index is 0.168. The van der Waals surface area contributed by atoms with E-state index in [2.05, 4.69) is 37.1 Å². The maximum atomic E-state index is 5.74. The van der Waals surface area contributed by atoms with Crippen molar-refractivity contribution in [1.82, 2.24) is 19.9 Å². The number of imidazole rings is 1. The highest BCUT2D eigenvalue weighted by atomic mass is 35.5. The molecule has 2 heterocycles. The number of aromatic amines is 1. The highest BCUT2D eigenvalue weighted by Gasteiger charge is 2.07. The summed E-state index contributed by atoms with van der Waals surface area (Å²) in [6, 6.07) is 0. The van der Waals surface area contributed by atoms with Gasteiger partial charge in [-0.3, -0.25) is 0 Å². The second-order valence-electron chi connectivity index (χ2n) is 2.72. The van der Waals surface area contributed by atoms with Gasteiger partial charge >= 0.3 is 0 Å². The van der Waals surface area contributed by atoms with Gasteiger partial charge in [0.1, 0.15) is 5.52 Å². The lowest BCUT2D eigenvalue weighted by atomic mass is 10.5. The summed E-state index contributed by atoms with van der Waals surface area (Å²) in [7, 11) is 0. The van der Waals surface area contributed by atoms with Crippen molar-refractivity contribution in [2.24, 2.45) is 0 Å². The standard InChI is InChI=1S/C9H8ClN5/c1-2-3-4-11-7-6-8(13-5-12-6)15-9(10)14-7/h5H,4H2,1H3,(H2,11,12,13,14,15). The number of nitrogens with one attached hydrogen (secondary N) is 2. The smallest absolute Gasteiger partial charge is 0.226 e. The Morgan fingerprint density at radius 1 is 1.53 bits per heavy atom. The first-order valence-corrected chi connectivity index (χ1v) is 4.69. The van der Waals surface area contributed by atoms with E-state index in [1.807, 2.05) is 0 Å². The SMILES string of the molecule is CC#CCNc1nc(Cl)nc2nc[nH]c12. The molecule has 15 heavy (non-hydrogen) atoms. The van der Waals surface area contributed by atoms with Crippen LogP contribution < -0.4 is 5.32 Å². The Labute approximate surface area is 91.3 Å². The summed E-state index contributed by atoms with van der Waals surface area (Å²) in [5.41, 5.74) is 1.28. The minimum atomic E-state index is 0.168. The molecule has 2 aromatic heterocycles. The van der Waals surface area contributed by atoms with Crippen LogP contribution in [0.25, 0.3) is 11.2 Å². The Hall–Kier alpha value is -1.80. The zero-order valence-corrected chi connectivity index (χ0v) is 8.76. The zero-order valence-electron chi connectivity index (χ0n) is 8.00. The Morgan fingerprint density at radius 3 is 3.20 bits per heavy atom. The zero-order chi connectivity index (χ0) is 10.7. The normalized spacial score (nSPS) is 9.73. The average molecular weight is 222 g/mol. The van der Waals surface area contributed by atoms with Crippen molar-refractivity contribution < 1.29 is 0 Å². The van der Waals surface area contributed by atoms with Crippen LogP contribution >= 0.6 is 11.6 Å². The Balaban J connectivity index is 2.38. The van der Waals surface area contributed by atoms with E-state index in [0.29, 0.717) is 18.0 Å². The summed E-state index contributed by atoms with van der Waals surface area (Å²) in [5, 5.41) is 3.20. The highest BCUT2D eigenvalue weighted by Crippen LogP contribution is 2.17. The fourth-order valence-corrected chi connectivity index (χ4v) is 1.32. The predicted molar refractivity (Wildman–Crippen MR) is 58.6 cm³/mol. The lowest BCUT2D eigenvalue weighted by Gasteiger charge is -2.02. The quantitative estimate of drug-likeness (QED) is 0.595. The van der Waals surface area contributed by atoms with Crippen LogP contribution in [-0.4, -0.2) is 26.5 Å². The first-order chi connectivity index (χ1) is 7.31. The largest absolute Gasteiger partial charge is 0.357 e. The summed E-state index contributed by atoms with van der Waals surface area (Å²) >= 11 is 5.74. The van der Waals surface area contributed by atoms with E-state index in [1.165, 1.54) is 0 Å². The van der Waals surface area contributed by atoms with Crippen molar-refractivity contribution in [2.45, 2.75) is 6.92 Å². The molecule has 0 aliphatic rings. The third-order valence-corrected chi connectivity index (χ3v) is 1.95. The van der Waals surface area contributed by atoms with Crippen LogP contribution in [0.15, 0.2) is 6.33 Å². The van der Waals surface area contributed by atoms with Crippen molar-refractivity contribution in [3.05, 3.63) is 11.6 Å². The molecule has 0 spiro atoms. The third-order valence-electron chi connectivity index (χ3n) is 1.78. The molecule has 0 aromatic carbocycles. The maximum Gasteiger partial charge on any atom is 0.226 e. The summed E-state index contributed by atoms with van der Waals surface area (Å²) in [4.78, 5) is 14.9. The van der Waals surface area contributed by atoms with Crippen LogP contribution in [0.5, 0.6) is 0 Å². The number of nitrogens with zero attached hydrogens (tertiary/aromatic N) is 3. The van der Waals surface area contributed by atoms with Crippen molar-refractivity contribution in [3.8, 4) is 11.8 Å². The first kappa shape index (κ1) is 9.74. The molecule has 2 rings (SSSR count). The van der Waals surface area contributed by atoms with Crippen LogP contribution in [0, 0.1) is 11.8 Å². The lowest BCUT2D eigenvalue weighted by Crippen LogP contribution is -2.02. The van der Waals surface area contributed by atoms with Gasteiger partial charge in [-0.15, -0.1) is 5.92 Å². The van der Waals surface area contributed by atoms with Gasteiger partial charge in [0.15, 0.2) is 11.5 Å². The second-order valence-corrected chi connectivity index (χ2v) is 3.06. The minimum Gasteiger partial charge on any atom is -0.357 e. The molecule has 0 aliphatic carbocycles. The summed E-state index contributed by atoms with van der Waals surface area (Å²) in [6.45, 7) is 2.29. The average Bonchev–Trinajstić information content (AvgIpc) is 2.65. The number of aromatic nitrogens is 4. The number of fused-ring (bicyclic) bond motifs is 1. The number of halogens is 1. The molecular formula is C9H8ClN5. The van der Waals surface area contributed by atoms with E-state index in [4.69, 9.17) is 11.6 Å². The van der Waals surface area contributed by atoms with Crippen LogP contribution in [0.2, 0.25) is 5.28 Å². The maximum absolute atomic E-state index is 5.74. The topological polar surface area (TPSA) is 66.5 Å². The van der Waals surface area contributed by atoms with Crippen molar-refractivity contribution in [2.75, 3.05) is 11.9 Å². The second kappa shape index (κ2) is 4.15. The molecule has 0 saturated carbocycles. The Kier molecular flexibility index (Phi) is 2.70. The molecular weight excluding hydrogens is 214 g/mol. The molecule has 0 bridgehead atoms. The number of H-pyrrole nitrogens is 1. The molecule has 0 amide bonds. The van der Waals surface area contributed by atoms with Gasteiger partial charge in [-0.05, 0) is 18.5 Å². The van der Waals surface area contributed by atoms with Crippen LogP contribution in [0.4, 0.5) is 5.82 Å². The van der Waals surface area contributed by atoms with Gasteiger partial charge in [0.25, 0.3) is 0 Å². The molecule has 0 atom stereocenters. The third kappa shape index (κ3) is 2.00. The first-order valence-electron chi connectivity index (χ1n) is 4.31. The van der Waals surface area contributed by atoms with Gasteiger partial charge in [0.2, 0.25) is 5.28 Å². The van der Waals surface area contributed by atoms with Crippen molar-refractivity contribution >= 4 is 28.6 Å².